The maximum absolute atomic E-state index is 13.2. The van der Waals surface area contributed by atoms with Crippen LogP contribution in [0.5, 0.6) is 0 Å². The van der Waals surface area contributed by atoms with E-state index in [9.17, 15) is 14.8 Å². The van der Waals surface area contributed by atoms with Crippen LogP contribution in [-0.4, -0.2) is 63.5 Å². The summed E-state index contributed by atoms with van der Waals surface area (Å²) >= 11 is 0. The molecule has 1 fully saturated rings. The van der Waals surface area contributed by atoms with Crippen molar-refractivity contribution < 1.29 is 14.8 Å². The molecule has 1 heterocycles. The minimum absolute atomic E-state index is 0.134. The molecule has 0 bridgehead atoms. The summed E-state index contributed by atoms with van der Waals surface area (Å²) in [5, 5.41) is 14.2. The number of benzene rings is 1. The fraction of sp³-hybridized carbons (Fsp3) is 0.636. The van der Waals surface area contributed by atoms with Crippen molar-refractivity contribution in [2.24, 2.45) is 0 Å². The Morgan fingerprint density at radius 2 is 1.79 bits per heavy atom. The summed E-state index contributed by atoms with van der Waals surface area (Å²) in [6, 6.07) is 9.33. The van der Waals surface area contributed by atoms with Crippen LogP contribution < -0.4 is 5.32 Å². The Bertz CT molecular complexity index is 665. The van der Waals surface area contributed by atoms with E-state index in [0.717, 1.165) is 37.7 Å². The van der Waals surface area contributed by atoms with Gasteiger partial charge < -0.3 is 10.2 Å². The molecule has 2 rings (SSSR count). The van der Waals surface area contributed by atoms with Crippen molar-refractivity contribution in [3.8, 4) is 0 Å². The lowest BCUT2D eigenvalue weighted by Gasteiger charge is -2.38. The van der Waals surface area contributed by atoms with E-state index in [2.05, 4.69) is 12.2 Å². The summed E-state index contributed by atoms with van der Waals surface area (Å²) in [7, 11) is 0. The molecule has 0 spiro atoms. The van der Waals surface area contributed by atoms with Gasteiger partial charge in [-0.05, 0) is 38.7 Å². The number of hydrogen-bond donors (Lipinski definition) is 2. The van der Waals surface area contributed by atoms with Crippen molar-refractivity contribution in [1.82, 2.24) is 20.2 Å². The maximum atomic E-state index is 13.2. The molecule has 1 aliphatic rings. The van der Waals surface area contributed by atoms with Crippen LogP contribution in [0.15, 0.2) is 30.3 Å². The Morgan fingerprint density at radius 1 is 1.14 bits per heavy atom. The highest BCUT2D eigenvalue weighted by atomic mass is 16.5. The van der Waals surface area contributed by atoms with E-state index in [0.29, 0.717) is 24.7 Å². The standard InChI is InChI=1S/C22H36N4O3/c1-5-7-15-23-20(27)26(29)19-22(3,4)25(21(28)24(19)16-8-6-2)17-14-18-12-10-9-11-13-18/h9-13,19,29H,5-8,14-17H2,1-4H3,(H,23,27)/t19-/m0/s1. The Labute approximate surface area is 174 Å². The first kappa shape index (κ1) is 23.0. The summed E-state index contributed by atoms with van der Waals surface area (Å²) in [6.45, 7) is 9.45. The number of carbonyl (C=O) groups excluding carboxylic acids is 2. The average Bonchev–Trinajstić information content (AvgIpc) is 2.89. The Balaban J connectivity index is 2.19. The van der Waals surface area contributed by atoms with Crippen LogP contribution in [0.2, 0.25) is 0 Å². The van der Waals surface area contributed by atoms with Gasteiger partial charge in [0.2, 0.25) is 0 Å². The van der Waals surface area contributed by atoms with E-state index in [4.69, 9.17) is 0 Å². The number of unbranched alkanes of at least 4 members (excludes halogenated alkanes) is 2. The molecule has 1 aliphatic heterocycles. The van der Waals surface area contributed by atoms with E-state index in [1.165, 1.54) is 0 Å². The lowest BCUT2D eigenvalue weighted by atomic mass is 9.99. The molecule has 1 saturated heterocycles. The van der Waals surface area contributed by atoms with E-state index in [1.807, 2.05) is 51.1 Å². The molecule has 0 aromatic heterocycles. The molecule has 0 radical (unpaired) electrons. The third-order valence-corrected chi connectivity index (χ3v) is 5.57. The van der Waals surface area contributed by atoms with Crippen LogP contribution in [0, 0.1) is 0 Å². The van der Waals surface area contributed by atoms with Crippen LogP contribution >= 0.6 is 0 Å². The van der Waals surface area contributed by atoms with Crippen LogP contribution in [0.4, 0.5) is 9.59 Å². The molecule has 7 nitrogen and oxygen atoms in total. The Kier molecular flexibility index (Phi) is 8.32. The third-order valence-electron chi connectivity index (χ3n) is 5.57. The summed E-state index contributed by atoms with van der Waals surface area (Å²) in [5.74, 6) is 0. The largest absolute Gasteiger partial charge is 0.343 e. The van der Waals surface area contributed by atoms with E-state index in [1.54, 1.807) is 9.80 Å². The molecule has 0 saturated carbocycles. The van der Waals surface area contributed by atoms with Gasteiger partial charge in [-0.15, -0.1) is 0 Å². The lowest BCUT2D eigenvalue weighted by Crippen LogP contribution is -2.59. The van der Waals surface area contributed by atoms with Crippen molar-refractivity contribution in [3.63, 3.8) is 0 Å². The average molecular weight is 405 g/mol. The molecule has 0 aliphatic carbocycles. The zero-order chi connectivity index (χ0) is 21.4. The molecule has 1 aromatic rings. The predicted molar refractivity (Wildman–Crippen MR) is 114 cm³/mol. The van der Waals surface area contributed by atoms with E-state index >= 15 is 0 Å². The predicted octanol–water partition coefficient (Wildman–Crippen LogP) is 4.07. The maximum Gasteiger partial charge on any atom is 0.343 e. The molecule has 1 atom stereocenters. The number of amides is 4. The third kappa shape index (κ3) is 5.41. The first-order valence-corrected chi connectivity index (χ1v) is 10.7. The molecule has 1 aromatic carbocycles. The van der Waals surface area contributed by atoms with Gasteiger partial charge in [0.1, 0.15) is 0 Å². The highest BCUT2D eigenvalue weighted by Gasteiger charge is 2.54. The minimum Gasteiger partial charge on any atom is -0.336 e. The van der Waals surface area contributed by atoms with Gasteiger partial charge >= 0.3 is 12.1 Å². The van der Waals surface area contributed by atoms with Gasteiger partial charge in [-0.1, -0.05) is 57.0 Å². The summed E-state index contributed by atoms with van der Waals surface area (Å²) in [5.41, 5.74) is 0.425. The second-order valence-electron chi connectivity index (χ2n) is 8.17. The van der Waals surface area contributed by atoms with Crippen molar-refractivity contribution >= 4 is 12.1 Å². The number of rotatable bonds is 10. The molecule has 2 N–H and O–H groups in total. The molecule has 0 unspecified atom stereocenters. The van der Waals surface area contributed by atoms with Gasteiger partial charge in [0.05, 0.1) is 5.54 Å². The van der Waals surface area contributed by atoms with E-state index < -0.39 is 17.7 Å². The van der Waals surface area contributed by atoms with Gasteiger partial charge in [0.25, 0.3) is 0 Å². The molecular weight excluding hydrogens is 368 g/mol. The lowest BCUT2D eigenvalue weighted by molar-refractivity contribution is -0.133. The first-order valence-electron chi connectivity index (χ1n) is 10.7. The fourth-order valence-electron chi connectivity index (χ4n) is 3.84. The van der Waals surface area contributed by atoms with Crippen LogP contribution in [0.1, 0.15) is 58.9 Å². The number of nitrogens with one attached hydrogen (secondary N) is 1. The topological polar surface area (TPSA) is 76.1 Å². The number of carbonyl (C=O) groups is 2. The zero-order valence-corrected chi connectivity index (χ0v) is 18.2. The number of nitrogens with zero attached hydrogens (tertiary/aromatic N) is 3. The zero-order valence-electron chi connectivity index (χ0n) is 18.2. The smallest absolute Gasteiger partial charge is 0.336 e. The van der Waals surface area contributed by atoms with Gasteiger partial charge in [0, 0.05) is 19.6 Å². The Hall–Kier alpha value is -2.28. The number of hydroxylamine groups is 2. The van der Waals surface area contributed by atoms with E-state index in [-0.39, 0.29) is 6.03 Å². The van der Waals surface area contributed by atoms with Crippen LogP contribution in [-0.2, 0) is 6.42 Å². The Morgan fingerprint density at radius 3 is 2.41 bits per heavy atom. The SMILES string of the molecule is CCCCNC(=O)N(O)[C@@H]1N(CCCC)C(=O)N(CCc2ccccc2)C1(C)C. The highest BCUT2D eigenvalue weighted by Crippen LogP contribution is 2.34. The van der Waals surface area contributed by atoms with Crippen molar-refractivity contribution in [3.05, 3.63) is 35.9 Å². The summed E-state index contributed by atoms with van der Waals surface area (Å²) in [4.78, 5) is 29.2. The minimum atomic E-state index is -0.737. The van der Waals surface area contributed by atoms with Crippen molar-refractivity contribution in [2.45, 2.75) is 71.5 Å². The quantitative estimate of drug-likeness (QED) is 0.351. The summed E-state index contributed by atoms with van der Waals surface area (Å²) < 4.78 is 0. The van der Waals surface area contributed by atoms with Gasteiger partial charge in [0.15, 0.2) is 6.17 Å². The van der Waals surface area contributed by atoms with Gasteiger partial charge in [-0.2, -0.15) is 5.06 Å². The van der Waals surface area contributed by atoms with Gasteiger partial charge in [-0.3, -0.25) is 10.1 Å². The number of hydrogen-bond acceptors (Lipinski definition) is 3. The van der Waals surface area contributed by atoms with Crippen molar-refractivity contribution in [2.75, 3.05) is 19.6 Å². The molecule has 162 valence electrons. The van der Waals surface area contributed by atoms with Crippen LogP contribution in [0.3, 0.4) is 0 Å². The number of urea groups is 2. The fourth-order valence-corrected chi connectivity index (χ4v) is 3.84. The van der Waals surface area contributed by atoms with Gasteiger partial charge in [-0.25, -0.2) is 9.59 Å². The summed E-state index contributed by atoms with van der Waals surface area (Å²) in [6.07, 6.45) is 3.52. The molecule has 7 heteroatoms. The van der Waals surface area contributed by atoms with Crippen molar-refractivity contribution in [1.29, 1.82) is 0 Å². The normalized spacial score (nSPS) is 18.2. The van der Waals surface area contributed by atoms with Crippen LogP contribution in [0.25, 0.3) is 0 Å². The molecule has 4 amide bonds. The molecule has 29 heavy (non-hydrogen) atoms. The second kappa shape index (κ2) is 10.5. The first-order chi connectivity index (χ1) is 13.8. The molecular formula is C22H36N4O3. The second-order valence-corrected chi connectivity index (χ2v) is 8.17. The highest BCUT2D eigenvalue weighted by molar-refractivity contribution is 5.81. The monoisotopic (exact) mass is 404 g/mol.